The standard InChI is InChI=1S/C11H10BrNO/c1-6-3-8-5-7(2)11(14)13-10(8)9(12)4-6/h3-5H,1-2H3,(H,13,14). The van der Waals surface area contributed by atoms with E-state index in [2.05, 4.69) is 27.0 Å². The summed E-state index contributed by atoms with van der Waals surface area (Å²) in [5, 5.41) is 10.5. The van der Waals surface area contributed by atoms with Gasteiger partial charge >= 0.3 is 0 Å². The molecule has 1 aromatic carbocycles. The highest BCUT2D eigenvalue weighted by molar-refractivity contribution is 9.10. The molecule has 0 aliphatic heterocycles. The number of rotatable bonds is 0. The molecule has 72 valence electrons. The van der Waals surface area contributed by atoms with Gasteiger partial charge in [0, 0.05) is 15.4 Å². The van der Waals surface area contributed by atoms with Crippen molar-refractivity contribution in [1.82, 2.24) is 4.98 Å². The van der Waals surface area contributed by atoms with Crippen LogP contribution in [-0.2, 0) is 0 Å². The fraction of sp³-hybridized carbons (Fsp3) is 0.182. The van der Waals surface area contributed by atoms with E-state index in [1.54, 1.807) is 0 Å². The Morgan fingerprint density at radius 2 is 1.93 bits per heavy atom. The molecule has 1 heterocycles. The van der Waals surface area contributed by atoms with Gasteiger partial charge in [0.1, 0.15) is 0 Å². The number of hydrogen-bond acceptors (Lipinski definition) is 2. The number of benzene rings is 1. The van der Waals surface area contributed by atoms with E-state index >= 15 is 0 Å². The first kappa shape index (κ1) is 9.46. The van der Waals surface area contributed by atoms with Gasteiger partial charge in [0.15, 0.2) is 0 Å². The molecular formula is C11H10BrNO. The van der Waals surface area contributed by atoms with Crippen LogP contribution in [0.2, 0.25) is 0 Å². The molecule has 0 fully saturated rings. The Hall–Kier alpha value is -1.09. The van der Waals surface area contributed by atoms with E-state index < -0.39 is 0 Å². The third-order valence-electron chi connectivity index (χ3n) is 2.18. The summed E-state index contributed by atoms with van der Waals surface area (Å²) in [6.07, 6.45) is 0. The molecule has 14 heavy (non-hydrogen) atoms. The number of halogens is 1. The monoisotopic (exact) mass is 251 g/mol. The van der Waals surface area contributed by atoms with Crippen LogP contribution in [0.25, 0.3) is 10.9 Å². The van der Waals surface area contributed by atoms with Crippen LogP contribution in [0.15, 0.2) is 22.7 Å². The molecule has 0 aliphatic rings. The molecule has 0 unspecified atom stereocenters. The van der Waals surface area contributed by atoms with Crippen molar-refractivity contribution in [3.8, 4) is 5.88 Å². The van der Waals surface area contributed by atoms with Crippen LogP contribution in [0, 0.1) is 13.8 Å². The van der Waals surface area contributed by atoms with Crippen molar-refractivity contribution in [2.45, 2.75) is 13.8 Å². The minimum atomic E-state index is 0.0991. The number of aromatic hydroxyl groups is 1. The van der Waals surface area contributed by atoms with Gasteiger partial charge in [-0.05, 0) is 53.5 Å². The van der Waals surface area contributed by atoms with Gasteiger partial charge in [-0.25, -0.2) is 4.98 Å². The smallest absolute Gasteiger partial charge is 0.214 e. The highest BCUT2D eigenvalue weighted by atomic mass is 79.9. The zero-order chi connectivity index (χ0) is 10.3. The van der Waals surface area contributed by atoms with Gasteiger partial charge in [0.2, 0.25) is 5.88 Å². The van der Waals surface area contributed by atoms with Gasteiger partial charge < -0.3 is 5.11 Å². The summed E-state index contributed by atoms with van der Waals surface area (Å²) >= 11 is 3.43. The second-order valence-electron chi connectivity index (χ2n) is 3.45. The second-order valence-corrected chi connectivity index (χ2v) is 4.30. The molecule has 2 aromatic rings. The normalized spacial score (nSPS) is 10.8. The SMILES string of the molecule is Cc1cc(Br)c2nc(O)c(C)cc2c1. The molecule has 2 rings (SSSR count). The predicted octanol–water partition coefficient (Wildman–Crippen LogP) is 3.32. The fourth-order valence-electron chi connectivity index (χ4n) is 1.48. The average Bonchev–Trinajstić information content (AvgIpc) is 2.08. The highest BCUT2D eigenvalue weighted by Gasteiger charge is 2.05. The number of aryl methyl sites for hydroxylation is 2. The molecule has 2 nitrogen and oxygen atoms in total. The molecule has 3 heteroatoms. The number of nitrogens with zero attached hydrogens (tertiary/aromatic N) is 1. The zero-order valence-electron chi connectivity index (χ0n) is 8.00. The van der Waals surface area contributed by atoms with Gasteiger partial charge in [0.05, 0.1) is 5.52 Å². The van der Waals surface area contributed by atoms with E-state index in [-0.39, 0.29) is 5.88 Å². The van der Waals surface area contributed by atoms with Crippen LogP contribution in [-0.4, -0.2) is 10.1 Å². The van der Waals surface area contributed by atoms with E-state index in [1.807, 2.05) is 26.0 Å². The summed E-state index contributed by atoms with van der Waals surface area (Å²) in [6.45, 7) is 3.88. The van der Waals surface area contributed by atoms with E-state index in [4.69, 9.17) is 0 Å². The van der Waals surface area contributed by atoms with E-state index in [0.717, 1.165) is 20.9 Å². The quantitative estimate of drug-likeness (QED) is 0.780. The fourth-order valence-corrected chi connectivity index (χ4v) is 2.16. The van der Waals surface area contributed by atoms with Gasteiger partial charge in [-0.15, -0.1) is 0 Å². The van der Waals surface area contributed by atoms with E-state index in [0.29, 0.717) is 0 Å². The van der Waals surface area contributed by atoms with Gasteiger partial charge in [0.25, 0.3) is 0 Å². The summed E-state index contributed by atoms with van der Waals surface area (Å²) in [6, 6.07) is 5.99. The van der Waals surface area contributed by atoms with Crippen molar-refractivity contribution < 1.29 is 5.11 Å². The first-order valence-corrected chi connectivity index (χ1v) is 5.13. The van der Waals surface area contributed by atoms with Crippen LogP contribution in [0.4, 0.5) is 0 Å². The highest BCUT2D eigenvalue weighted by Crippen LogP contribution is 2.27. The molecule has 0 saturated carbocycles. The van der Waals surface area contributed by atoms with Gasteiger partial charge in [-0.3, -0.25) is 0 Å². The maximum absolute atomic E-state index is 9.48. The predicted molar refractivity (Wildman–Crippen MR) is 60.6 cm³/mol. The molecule has 0 amide bonds. The number of aromatic nitrogens is 1. The molecule has 1 aromatic heterocycles. The maximum atomic E-state index is 9.48. The Morgan fingerprint density at radius 3 is 2.64 bits per heavy atom. The first-order valence-electron chi connectivity index (χ1n) is 4.34. The number of pyridine rings is 1. The summed E-state index contributed by atoms with van der Waals surface area (Å²) in [5.41, 5.74) is 2.78. The lowest BCUT2D eigenvalue weighted by Crippen LogP contribution is -1.86. The van der Waals surface area contributed by atoms with E-state index in [9.17, 15) is 5.11 Å². The molecule has 1 N–H and O–H groups in total. The van der Waals surface area contributed by atoms with Gasteiger partial charge in [-0.1, -0.05) is 0 Å². The van der Waals surface area contributed by atoms with Crippen molar-refractivity contribution in [3.63, 3.8) is 0 Å². The van der Waals surface area contributed by atoms with Crippen LogP contribution >= 0.6 is 15.9 Å². The number of hydrogen-bond donors (Lipinski definition) is 1. The summed E-state index contributed by atoms with van der Waals surface area (Å²) in [4.78, 5) is 4.12. The average molecular weight is 252 g/mol. The molecule has 0 bridgehead atoms. The zero-order valence-corrected chi connectivity index (χ0v) is 9.59. The minimum Gasteiger partial charge on any atom is -0.493 e. The third kappa shape index (κ3) is 1.48. The Kier molecular flexibility index (Phi) is 2.19. The van der Waals surface area contributed by atoms with Crippen molar-refractivity contribution in [3.05, 3.63) is 33.8 Å². The number of fused-ring (bicyclic) bond motifs is 1. The topological polar surface area (TPSA) is 33.1 Å². The molecule has 0 saturated heterocycles. The lowest BCUT2D eigenvalue weighted by Gasteiger charge is -2.04. The second kappa shape index (κ2) is 3.24. The Balaban J connectivity index is 2.89. The first-order chi connectivity index (χ1) is 6.58. The summed E-state index contributed by atoms with van der Waals surface area (Å²) < 4.78 is 0.919. The molecule has 0 spiro atoms. The molecule has 0 aliphatic carbocycles. The van der Waals surface area contributed by atoms with Crippen LogP contribution < -0.4 is 0 Å². The lowest BCUT2D eigenvalue weighted by molar-refractivity contribution is 0.451. The Labute approximate surface area is 90.7 Å². The summed E-state index contributed by atoms with van der Waals surface area (Å²) in [7, 11) is 0. The largest absolute Gasteiger partial charge is 0.493 e. The van der Waals surface area contributed by atoms with Crippen LogP contribution in [0.1, 0.15) is 11.1 Å². The van der Waals surface area contributed by atoms with Crippen molar-refractivity contribution in [1.29, 1.82) is 0 Å². The van der Waals surface area contributed by atoms with Crippen LogP contribution in [0.5, 0.6) is 5.88 Å². The third-order valence-corrected chi connectivity index (χ3v) is 2.78. The lowest BCUT2D eigenvalue weighted by atomic mass is 10.1. The van der Waals surface area contributed by atoms with Crippen molar-refractivity contribution in [2.75, 3.05) is 0 Å². The van der Waals surface area contributed by atoms with Crippen molar-refractivity contribution >= 4 is 26.8 Å². The van der Waals surface area contributed by atoms with Crippen molar-refractivity contribution in [2.24, 2.45) is 0 Å². The Bertz CT molecular complexity index is 508. The minimum absolute atomic E-state index is 0.0991. The van der Waals surface area contributed by atoms with Gasteiger partial charge in [-0.2, -0.15) is 0 Å². The molecule has 0 radical (unpaired) electrons. The maximum Gasteiger partial charge on any atom is 0.214 e. The Morgan fingerprint density at radius 1 is 1.21 bits per heavy atom. The molecule has 0 atom stereocenters. The van der Waals surface area contributed by atoms with Crippen LogP contribution in [0.3, 0.4) is 0 Å². The molecular weight excluding hydrogens is 242 g/mol. The van der Waals surface area contributed by atoms with E-state index in [1.165, 1.54) is 5.56 Å². The summed E-state index contributed by atoms with van der Waals surface area (Å²) in [5.74, 6) is 0.0991.